The first-order valence-corrected chi connectivity index (χ1v) is 11.7. The average molecular weight is 485 g/mol. The van der Waals surface area contributed by atoms with E-state index in [9.17, 15) is 24.3 Å². The van der Waals surface area contributed by atoms with Crippen molar-refractivity contribution in [2.75, 3.05) is 10.2 Å². The number of amides is 3. The van der Waals surface area contributed by atoms with Gasteiger partial charge in [-0.25, -0.2) is 4.90 Å². The SMILES string of the molecule is O=C(Nc1ccc(S[C@@H]2CC(=O)N(c3cccc(Cl)c3)C2=O)cc1)[C@H]1CC=CC[C@H]1C(=O)O. The Labute approximate surface area is 199 Å². The summed E-state index contributed by atoms with van der Waals surface area (Å²) in [6.45, 7) is 0. The zero-order chi connectivity index (χ0) is 23.5. The molecule has 2 aromatic carbocycles. The Bertz CT molecular complexity index is 1130. The van der Waals surface area contributed by atoms with Crippen LogP contribution in [0.25, 0.3) is 0 Å². The van der Waals surface area contributed by atoms with Gasteiger partial charge in [-0.2, -0.15) is 0 Å². The molecule has 0 spiro atoms. The lowest BCUT2D eigenvalue weighted by Crippen LogP contribution is -2.34. The number of carboxylic acid groups (broad SMARTS) is 1. The number of carbonyl (C=O) groups is 4. The van der Waals surface area contributed by atoms with Gasteiger partial charge in [0, 0.05) is 22.0 Å². The molecule has 1 fully saturated rings. The van der Waals surface area contributed by atoms with Crippen molar-refractivity contribution in [3.8, 4) is 0 Å². The summed E-state index contributed by atoms with van der Waals surface area (Å²) in [5.41, 5.74) is 0.994. The molecule has 4 rings (SSSR count). The molecular formula is C24H21ClN2O5S. The van der Waals surface area contributed by atoms with Crippen LogP contribution in [0.4, 0.5) is 11.4 Å². The Morgan fingerprint density at radius 3 is 2.39 bits per heavy atom. The number of aliphatic carboxylic acids is 1. The first-order valence-electron chi connectivity index (χ1n) is 10.4. The fourth-order valence-corrected chi connectivity index (χ4v) is 5.21. The smallest absolute Gasteiger partial charge is 0.307 e. The topological polar surface area (TPSA) is 104 Å². The van der Waals surface area contributed by atoms with E-state index in [0.29, 0.717) is 29.2 Å². The second-order valence-corrected chi connectivity index (χ2v) is 9.58. The van der Waals surface area contributed by atoms with E-state index in [1.54, 1.807) is 54.6 Å². The summed E-state index contributed by atoms with van der Waals surface area (Å²) in [6.07, 6.45) is 4.43. The lowest BCUT2D eigenvalue weighted by atomic mass is 9.82. The fourth-order valence-electron chi connectivity index (χ4n) is 3.98. The summed E-state index contributed by atoms with van der Waals surface area (Å²) in [6, 6.07) is 13.5. The number of hydrogen-bond acceptors (Lipinski definition) is 5. The Kier molecular flexibility index (Phi) is 6.85. The predicted octanol–water partition coefficient (Wildman–Crippen LogP) is 4.37. The number of nitrogens with zero attached hydrogens (tertiary/aromatic N) is 1. The summed E-state index contributed by atoms with van der Waals surface area (Å²) >= 11 is 7.27. The largest absolute Gasteiger partial charge is 0.481 e. The highest BCUT2D eigenvalue weighted by molar-refractivity contribution is 8.00. The van der Waals surface area contributed by atoms with Crippen molar-refractivity contribution in [3.05, 3.63) is 65.7 Å². The van der Waals surface area contributed by atoms with Crippen molar-refractivity contribution in [3.63, 3.8) is 0 Å². The molecular weight excluding hydrogens is 464 g/mol. The molecule has 0 aromatic heterocycles. The van der Waals surface area contributed by atoms with Gasteiger partial charge in [0.1, 0.15) is 0 Å². The fraction of sp³-hybridized carbons (Fsp3) is 0.250. The molecule has 1 saturated heterocycles. The minimum Gasteiger partial charge on any atom is -0.481 e. The number of hydrogen-bond donors (Lipinski definition) is 2. The second kappa shape index (κ2) is 9.80. The minimum atomic E-state index is -0.978. The summed E-state index contributed by atoms with van der Waals surface area (Å²) in [5, 5.41) is 12.0. The molecule has 1 aliphatic heterocycles. The molecule has 2 aliphatic rings. The number of nitrogens with one attached hydrogen (secondary N) is 1. The summed E-state index contributed by atoms with van der Waals surface area (Å²) in [4.78, 5) is 51.3. The molecule has 9 heteroatoms. The van der Waals surface area contributed by atoms with Crippen molar-refractivity contribution in [1.29, 1.82) is 0 Å². The summed E-state index contributed by atoms with van der Waals surface area (Å²) < 4.78 is 0. The second-order valence-electron chi connectivity index (χ2n) is 7.87. The molecule has 170 valence electrons. The number of thioether (sulfide) groups is 1. The van der Waals surface area contributed by atoms with Crippen LogP contribution in [0.2, 0.25) is 5.02 Å². The third kappa shape index (κ3) is 5.12. The Balaban J connectivity index is 1.39. The average Bonchev–Trinajstić information content (AvgIpc) is 3.07. The van der Waals surface area contributed by atoms with Gasteiger partial charge in [0.2, 0.25) is 17.7 Å². The van der Waals surface area contributed by atoms with Crippen molar-refractivity contribution >= 4 is 58.4 Å². The first-order chi connectivity index (χ1) is 15.8. The molecule has 3 atom stereocenters. The van der Waals surface area contributed by atoms with E-state index in [4.69, 9.17) is 11.6 Å². The Morgan fingerprint density at radius 2 is 1.73 bits per heavy atom. The number of carboxylic acids is 1. The zero-order valence-corrected chi connectivity index (χ0v) is 19.0. The number of imide groups is 1. The number of rotatable bonds is 6. The number of allylic oxidation sites excluding steroid dienone is 2. The highest BCUT2D eigenvalue weighted by Crippen LogP contribution is 2.35. The molecule has 0 saturated carbocycles. The molecule has 2 N–H and O–H groups in total. The zero-order valence-electron chi connectivity index (χ0n) is 17.4. The molecule has 2 aromatic rings. The highest BCUT2D eigenvalue weighted by atomic mass is 35.5. The lowest BCUT2D eigenvalue weighted by Gasteiger charge is -2.24. The van der Waals surface area contributed by atoms with Gasteiger partial charge >= 0.3 is 5.97 Å². The molecule has 33 heavy (non-hydrogen) atoms. The molecule has 0 bridgehead atoms. The van der Waals surface area contributed by atoms with Crippen LogP contribution in [0.3, 0.4) is 0 Å². The Morgan fingerprint density at radius 1 is 1.03 bits per heavy atom. The highest BCUT2D eigenvalue weighted by Gasteiger charge is 2.40. The molecule has 7 nitrogen and oxygen atoms in total. The van der Waals surface area contributed by atoms with Crippen molar-refractivity contribution in [2.24, 2.45) is 11.8 Å². The van der Waals surface area contributed by atoms with Crippen molar-refractivity contribution in [2.45, 2.75) is 29.4 Å². The van der Waals surface area contributed by atoms with Crippen LogP contribution in [-0.2, 0) is 19.2 Å². The van der Waals surface area contributed by atoms with Crippen LogP contribution in [0, 0.1) is 11.8 Å². The predicted molar refractivity (Wildman–Crippen MR) is 126 cm³/mol. The third-order valence-corrected chi connectivity index (χ3v) is 7.09. The van der Waals surface area contributed by atoms with Crippen LogP contribution in [0.5, 0.6) is 0 Å². The van der Waals surface area contributed by atoms with Gasteiger partial charge < -0.3 is 10.4 Å². The van der Waals surface area contributed by atoms with E-state index in [1.165, 1.54) is 11.8 Å². The minimum absolute atomic E-state index is 0.0836. The van der Waals surface area contributed by atoms with E-state index in [0.717, 1.165) is 9.80 Å². The standard InChI is InChI=1S/C24H21ClN2O5S/c25-14-4-3-5-16(12-14)27-21(28)13-20(23(27)30)33-17-10-8-15(9-11-17)26-22(29)18-6-1-2-7-19(18)24(31)32/h1-5,8-12,18-20H,6-7,13H2,(H,26,29)(H,31,32)/t18-,19+,20+/m0/s1. The van der Waals surface area contributed by atoms with Crippen LogP contribution in [-0.4, -0.2) is 34.0 Å². The maximum Gasteiger partial charge on any atom is 0.307 e. The molecule has 1 heterocycles. The van der Waals surface area contributed by atoms with Crippen LogP contribution in [0.1, 0.15) is 19.3 Å². The van der Waals surface area contributed by atoms with Gasteiger partial charge in [-0.15, -0.1) is 11.8 Å². The maximum absolute atomic E-state index is 12.8. The molecule has 3 amide bonds. The van der Waals surface area contributed by atoms with Gasteiger partial charge in [0.25, 0.3) is 0 Å². The Hall–Kier alpha value is -3.10. The van der Waals surface area contributed by atoms with Gasteiger partial charge in [0.05, 0.1) is 22.8 Å². The van der Waals surface area contributed by atoms with Crippen LogP contribution < -0.4 is 10.2 Å². The maximum atomic E-state index is 12.8. The number of halogens is 1. The third-order valence-electron chi connectivity index (χ3n) is 5.66. The number of benzene rings is 2. The van der Waals surface area contributed by atoms with E-state index >= 15 is 0 Å². The normalized spacial score (nSPS) is 22.5. The van der Waals surface area contributed by atoms with Crippen LogP contribution in [0.15, 0.2) is 65.6 Å². The van der Waals surface area contributed by atoms with E-state index < -0.39 is 23.1 Å². The summed E-state index contributed by atoms with van der Waals surface area (Å²) in [7, 11) is 0. The molecule has 0 radical (unpaired) electrons. The van der Waals surface area contributed by atoms with Gasteiger partial charge in [-0.05, 0) is 55.3 Å². The number of anilines is 2. The van der Waals surface area contributed by atoms with E-state index in [-0.39, 0.29) is 24.1 Å². The lowest BCUT2D eigenvalue weighted by molar-refractivity contribution is -0.146. The molecule has 1 aliphatic carbocycles. The number of carbonyl (C=O) groups excluding carboxylic acids is 3. The van der Waals surface area contributed by atoms with Crippen molar-refractivity contribution in [1.82, 2.24) is 0 Å². The first kappa shape index (κ1) is 23.1. The van der Waals surface area contributed by atoms with Gasteiger partial charge in [-0.1, -0.05) is 29.8 Å². The quantitative estimate of drug-likeness (QED) is 0.466. The monoisotopic (exact) mass is 484 g/mol. The van der Waals surface area contributed by atoms with E-state index in [2.05, 4.69) is 5.32 Å². The summed E-state index contributed by atoms with van der Waals surface area (Å²) in [5.74, 6) is -3.25. The van der Waals surface area contributed by atoms with Gasteiger partial charge in [0.15, 0.2) is 0 Å². The van der Waals surface area contributed by atoms with Crippen molar-refractivity contribution < 1.29 is 24.3 Å². The van der Waals surface area contributed by atoms with E-state index in [1.807, 2.05) is 6.08 Å². The molecule has 0 unspecified atom stereocenters. The van der Waals surface area contributed by atoms with Crippen LogP contribution >= 0.6 is 23.4 Å². The van der Waals surface area contributed by atoms with Gasteiger partial charge in [-0.3, -0.25) is 19.2 Å².